The summed E-state index contributed by atoms with van der Waals surface area (Å²) in [5.74, 6) is 1.23. The number of ether oxygens (including phenoxy) is 3. The van der Waals surface area contributed by atoms with Gasteiger partial charge < -0.3 is 30.0 Å². The van der Waals surface area contributed by atoms with Crippen LogP contribution in [0.1, 0.15) is 24.0 Å². The van der Waals surface area contributed by atoms with E-state index in [2.05, 4.69) is 10.6 Å². The third-order valence-corrected chi connectivity index (χ3v) is 6.20. The Labute approximate surface area is 215 Å². The second kappa shape index (κ2) is 12.3. The Kier molecular flexibility index (Phi) is 8.71. The molecule has 1 saturated heterocycles. The van der Waals surface area contributed by atoms with Crippen molar-refractivity contribution in [2.75, 3.05) is 25.5 Å². The molecule has 0 bridgehead atoms. The van der Waals surface area contributed by atoms with Crippen LogP contribution in [0.5, 0.6) is 23.0 Å². The van der Waals surface area contributed by atoms with Crippen LogP contribution < -0.4 is 24.8 Å². The largest absolute Gasteiger partial charge is 0.503 e. The third-order valence-electron chi connectivity index (χ3n) is 5.81. The summed E-state index contributed by atoms with van der Waals surface area (Å²) in [5.41, 5.74) is 1.95. The molecule has 1 aliphatic heterocycles. The van der Waals surface area contributed by atoms with Crippen molar-refractivity contribution in [3.63, 3.8) is 0 Å². The Balaban J connectivity index is 1.37. The van der Waals surface area contributed by atoms with Gasteiger partial charge in [-0.25, -0.2) is 0 Å². The monoisotopic (exact) mass is 508 g/mol. The first-order valence-corrected chi connectivity index (χ1v) is 12.1. The molecule has 3 N–H and O–H groups in total. The fourth-order valence-electron chi connectivity index (χ4n) is 3.87. The van der Waals surface area contributed by atoms with Gasteiger partial charge in [-0.3, -0.25) is 4.79 Å². The Bertz CT molecular complexity index is 1220. The molecule has 188 valence electrons. The molecule has 7 nitrogen and oxygen atoms in total. The number of carbonyl (C=O) groups excluding carboxylic acids is 1. The van der Waals surface area contributed by atoms with Crippen molar-refractivity contribution in [2.45, 2.75) is 25.6 Å². The van der Waals surface area contributed by atoms with Crippen LogP contribution in [-0.4, -0.2) is 37.3 Å². The highest BCUT2D eigenvalue weighted by atomic mass is 35.5. The van der Waals surface area contributed by atoms with Crippen molar-refractivity contribution in [1.29, 1.82) is 0 Å². The Morgan fingerprint density at radius 3 is 2.69 bits per heavy atom. The van der Waals surface area contributed by atoms with Gasteiger partial charge in [-0.05, 0) is 67.9 Å². The molecule has 8 heteroatoms. The lowest BCUT2D eigenvalue weighted by molar-refractivity contribution is -0.111. The van der Waals surface area contributed by atoms with Crippen LogP contribution in [0.4, 0.5) is 5.69 Å². The van der Waals surface area contributed by atoms with Gasteiger partial charge in [0, 0.05) is 23.4 Å². The van der Waals surface area contributed by atoms with E-state index >= 15 is 0 Å². The maximum atomic E-state index is 12.6. The van der Waals surface area contributed by atoms with Gasteiger partial charge in [0.15, 0.2) is 11.5 Å². The highest BCUT2D eigenvalue weighted by Gasteiger charge is 2.15. The van der Waals surface area contributed by atoms with E-state index in [0.717, 1.165) is 37.2 Å². The number of methoxy groups -OCH3 is 1. The summed E-state index contributed by atoms with van der Waals surface area (Å²) < 4.78 is 17.1. The molecular formula is C28H29ClN2O5. The maximum absolute atomic E-state index is 12.6. The summed E-state index contributed by atoms with van der Waals surface area (Å²) in [6.07, 6.45) is 5.06. The van der Waals surface area contributed by atoms with Crippen molar-refractivity contribution in [1.82, 2.24) is 5.32 Å². The number of anilines is 1. The lowest BCUT2D eigenvalue weighted by Gasteiger charge is -2.24. The predicted octanol–water partition coefficient (Wildman–Crippen LogP) is 5.42. The van der Waals surface area contributed by atoms with Crippen LogP contribution in [0.2, 0.25) is 5.02 Å². The van der Waals surface area contributed by atoms with Gasteiger partial charge in [-0.1, -0.05) is 35.9 Å². The number of carbonyl (C=O) groups is 1. The summed E-state index contributed by atoms with van der Waals surface area (Å²) in [5, 5.41) is 16.4. The van der Waals surface area contributed by atoms with Gasteiger partial charge in [0.2, 0.25) is 5.91 Å². The molecule has 1 aliphatic rings. The summed E-state index contributed by atoms with van der Waals surface area (Å²) in [6, 6.07) is 18.3. The van der Waals surface area contributed by atoms with Gasteiger partial charge in [0.1, 0.15) is 24.2 Å². The molecule has 0 radical (unpaired) electrons. The lowest BCUT2D eigenvalue weighted by Crippen LogP contribution is -2.34. The van der Waals surface area contributed by atoms with E-state index in [1.165, 1.54) is 19.3 Å². The van der Waals surface area contributed by atoms with Crippen molar-refractivity contribution in [2.24, 2.45) is 0 Å². The minimum atomic E-state index is -0.341. The van der Waals surface area contributed by atoms with Crippen molar-refractivity contribution >= 4 is 29.3 Å². The zero-order valence-corrected chi connectivity index (χ0v) is 20.8. The minimum absolute atomic E-state index is 0.110. The molecule has 0 saturated carbocycles. The first-order chi connectivity index (χ1) is 17.5. The first-order valence-electron chi connectivity index (χ1n) is 11.8. The van der Waals surface area contributed by atoms with E-state index < -0.39 is 0 Å². The number of halogens is 1. The van der Waals surface area contributed by atoms with E-state index in [4.69, 9.17) is 25.8 Å². The van der Waals surface area contributed by atoms with Crippen molar-refractivity contribution in [3.05, 3.63) is 82.9 Å². The molecule has 4 rings (SSSR count). The van der Waals surface area contributed by atoms with E-state index in [0.29, 0.717) is 17.0 Å². The number of hydrogen-bond acceptors (Lipinski definition) is 6. The number of benzene rings is 3. The van der Waals surface area contributed by atoms with Crippen LogP contribution >= 0.6 is 11.6 Å². The Morgan fingerprint density at radius 1 is 1.11 bits per heavy atom. The smallest absolute Gasteiger partial charge is 0.248 e. The Hall–Kier alpha value is -3.68. The van der Waals surface area contributed by atoms with Crippen LogP contribution in [0.3, 0.4) is 0 Å². The van der Waals surface area contributed by atoms with Gasteiger partial charge in [0.25, 0.3) is 0 Å². The molecule has 0 atom stereocenters. The van der Waals surface area contributed by atoms with Gasteiger partial charge >= 0.3 is 0 Å². The number of piperidine rings is 1. The molecule has 0 aromatic heterocycles. The highest BCUT2D eigenvalue weighted by Crippen LogP contribution is 2.36. The molecule has 36 heavy (non-hydrogen) atoms. The average molecular weight is 509 g/mol. The third kappa shape index (κ3) is 6.71. The van der Waals surface area contributed by atoms with E-state index in [1.54, 1.807) is 12.1 Å². The first kappa shape index (κ1) is 25.4. The summed E-state index contributed by atoms with van der Waals surface area (Å²) in [6.45, 7) is 2.21. The Morgan fingerprint density at radius 2 is 1.89 bits per heavy atom. The molecule has 3 aromatic carbocycles. The molecule has 0 unspecified atom stereocenters. The van der Waals surface area contributed by atoms with Crippen LogP contribution in [0.25, 0.3) is 6.08 Å². The van der Waals surface area contributed by atoms with Crippen LogP contribution in [0.15, 0.2) is 66.7 Å². The number of phenols is 1. The second-order valence-electron chi connectivity index (χ2n) is 8.33. The van der Waals surface area contributed by atoms with Gasteiger partial charge in [0.05, 0.1) is 12.1 Å². The fraction of sp³-hybridized carbons (Fsp3) is 0.250. The molecule has 0 aliphatic carbocycles. The number of rotatable bonds is 9. The quantitative estimate of drug-likeness (QED) is 0.335. The zero-order chi connectivity index (χ0) is 25.3. The standard InChI is InChI=1S/C28H29ClN2O5/c1-34-25-11-9-19(27(29)28(25)33)10-12-26(32)31-24-8-3-2-5-20(24)18-35-22-6-4-7-23(17-22)36-21-13-15-30-16-14-21/h2-12,17,21,30,33H,13-16,18H2,1H3,(H,31,32). The number of amides is 1. The number of nitrogens with one attached hydrogen (secondary N) is 2. The molecule has 1 amide bonds. The SMILES string of the molecule is COc1ccc(C=CC(=O)Nc2ccccc2COc2cccc(OC3CCNCC3)c2)c(Cl)c1O. The minimum Gasteiger partial charge on any atom is -0.503 e. The van der Waals surface area contributed by atoms with Crippen molar-refractivity contribution < 1.29 is 24.1 Å². The number of para-hydroxylation sites is 1. The van der Waals surface area contributed by atoms with Crippen molar-refractivity contribution in [3.8, 4) is 23.0 Å². The van der Waals surface area contributed by atoms with Crippen LogP contribution in [-0.2, 0) is 11.4 Å². The molecule has 3 aromatic rings. The number of aromatic hydroxyl groups is 1. The number of phenolic OH excluding ortho intramolecular Hbond substituents is 1. The van der Waals surface area contributed by atoms with E-state index in [-0.39, 0.29) is 35.1 Å². The summed E-state index contributed by atoms with van der Waals surface area (Å²) in [4.78, 5) is 12.6. The molecule has 1 heterocycles. The molecular weight excluding hydrogens is 480 g/mol. The molecule has 0 spiro atoms. The molecule has 1 fully saturated rings. The number of hydrogen-bond donors (Lipinski definition) is 3. The summed E-state index contributed by atoms with van der Waals surface area (Å²) >= 11 is 6.17. The fourth-order valence-corrected chi connectivity index (χ4v) is 4.09. The van der Waals surface area contributed by atoms with E-state index in [9.17, 15) is 9.90 Å². The normalized spacial score (nSPS) is 13.9. The second-order valence-corrected chi connectivity index (χ2v) is 8.71. The van der Waals surface area contributed by atoms with Crippen LogP contribution in [0, 0.1) is 0 Å². The average Bonchev–Trinajstić information content (AvgIpc) is 2.90. The van der Waals surface area contributed by atoms with Gasteiger partial charge in [-0.15, -0.1) is 0 Å². The topological polar surface area (TPSA) is 89.1 Å². The predicted molar refractivity (Wildman–Crippen MR) is 141 cm³/mol. The lowest BCUT2D eigenvalue weighted by atomic mass is 10.1. The van der Waals surface area contributed by atoms with Gasteiger partial charge in [-0.2, -0.15) is 0 Å². The van der Waals surface area contributed by atoms with E-state index in [1.807, 2.05) is 48.5 Å². The summed E-state index contributed by atoms with van der Waals surface area (Å²) in [7, 11) is 1.44. The highest BCUT2D eigenvalue weighted by molar-refractivity contribution is 6.33. The zero-order valence-electron chi connectivity index (χ0n) is 20.0. The maximum Gasteiger partial charge on any atom is 0.248 e.